The second-order valence-electron chi connectivity index (χ2n) is 4.43. The van der Waals surface area contributed by atoms with E-state index in [1.54, 1.807) is 0 Å². The molecule has 0 saturated carbocycles. The van der Waals surface area contributed by atoms with E-state index in [4.69, 9.17) is 11.6 Å². The van der Waals surface area contributed by atoms with E-state index >= 15 is 0 Å². The third-order valence-electron chi connectivity index (χ3n) is 2.73. The van der Waals surface area contributed by atoms with E-state index in [1.165, 1.54) is 0 Å². The summed E-state index contributed by atoms with van der Waals surface area (Å²) in [6.45, 7) is 10.4. The van der Waals surface area contributed by atoms with Gasteiger partial charge in [-0.3, -0.25) is 4.90 Å². The minimum absolute atomic E-state index is 0.758. The molecule has 0 radical (unpaired) electrons. The molecule has 18 heavy (non-hydrogen) atoms. The zero-order valence-electron chi connectivity index (χ0n) is 11.7. The maximum atomic E-state index is 6.22. The largest absolute Gasteiger partial charge is 0.370 e. The normalized spacial score (nSPS) is 10.9. The number of pyridine rings is 1. The fourth-order valence-corrected chi connectivity index (χ4v) is 2.15. The van der Waals surface area contributed by atoms with Crippen LogP contribution in [0.2, 0.25) is 5.02 Å². The quantitative estimate of drug-likeness (QED) is 0.778. The molecule has 0 atom stereocenters. The molecular formula is C14H24ClN3. The number of rotatable bonds is 8. The van der Waals surface area contributed by atoms with E-state index in [9.17, 15) is 0 Å². The van der Waals surface area contributed by atoms with Crippen molar-refractivity contribution in [1.29, 1.82) is 0 Å². The molecule has 1 heterocycles. The van der Waals surface area contributed by atoms with Gasteiger partial charge in [0.1, 0.15) is 5.82 Å². The van der Waals surface area contributed by atoms with Gasteiger partial charge in [0.2, 0.25) is 0 Å². The summed E-state index contributed by atoms with van der Waals surface area (Å²) in [7, 11) is 0. The van der Waals surface area contributed by atoms with Crippen molar-refractivity contribution in [3.8, 4) is 0 Å². The Morgan fingerprint density at radius 2 is 1.83 bits per heavy atom. The smallest absolute Gasteiger partial charge is 0.126 e. The standard InChI is InChI=1S/C14H24ClN3/c1-4-9-18(10-5-2)11-13-12(15)7-8-14(17-13)16-6-3/h7-8H,4-6,9-11H2,1-3H3,(H,16,17). The summed E-state index contributed by atoms with van der Waals surface area (Å²) in [6, 6.07) is 3.86. The zero-order chi connectivity index (χ0) is 13.4. The molecule has 0 aliphatic carbocycles. The molecule has 0 aromatic carbocycles. The van der Waals surface area contributed by atoms with Crippen LogP contribution in [0.25, 0.3) is 0 Å². The highest BCUT2D eigenvalue weighted by Crippen LogP contribution is 2.18. The summed E-state index contributed by atoms with van der Waals surface area (Å²) in [4.78, 5) is 6.99. The van der Waals surface area contributed by atoms with Gasteiger partial charge >= 0.3 is 0 Å². The Labute approximate surface area is 116 Å². The summed E-state index contributed by atoms with van der Waals surface area (Å²) in [5.74, 6) is 0.907. The maximum Gasteiger partial charge on any atom is 0.126 e. The number of nitrogens with one attached hydrogen (secondary N) is 1. The Kier molecular flexibility index (Phi) is 7.06. The third-order valence-corrected chi connectivity index (χ3v) is 3.07. The molecule has 1 rings (SSSR count). The molecule has 3 nitrogen and oxygen atoms in total. The zero-order valence-corrected chi connectivity index (χ0v) is 12.4. The van der Waals surface area contributed by atoms with Crippen molar-refractivity contribution in [2.24, 2.45) is 0 Å². The molecule has 0 amide bonds. The van der Waals surface area contributed by atoms with E-state index in [-0.39, 0.29) is 0 Å². The molecule has 0 spiro atoms. The molecular weight excluding hydrogens is 246 g/mol. The van der Waals surface area contributed by atoms with Crippen LogP contribution in [0.3, 0.4) is 0 Å². The summed E-state index contributed by atoms with van der Waals surface area (Å²) in [5, 5.41) is 3.98. The lowest BCUT2D eigenvalue weighted by Crippen LogP contribution is -2.25. The first-order valence-corrected chi connectivity index (χ1v) is 7.20. The molecule has 4 heteroatoms. The highest BCUT2D eigenvalue weighted by molar-refractivity contribution is 6.31. The van der Waals surface area contributed by atoms with Crippen molar-refractivity contribution in [2.75, 3.05) is 25.0 Å². The first-order chi connectivity index (χ1) is 8.71. The van der Waals surface area contributed by atoms with Gasteiger partial charge in [-0.15, -0.1) is 0 Å². The lowest BCUT2D eigenvalue weighted by molar-refractivity contribution is 0.263. The van der Waals surface area contributed by atoms with E-state index in [2.05, 4.69) is 36.0 Å². The molecule has 0 bridgehead atoms. The highest BCUT2D eigenvalue weighted by Gasteiger charge is 2.09. The summed E-state index contributed by atoms with van der Waals surface area (Å²) < 4.78 is 0. The Morgan fingerprint density at radius 1 is 1.17 bits per heavy atom. The molecule has 1 aromatic heterocycles. The van der Waals surface area contributed by atoms with E-state index in [0.717, 1.165) is 55.6 Å². The number of hydrogen-bond acceptors (Lipinski definition) is 3. The lowest BCUT2D eigenvalue weighted by atomic mass is 10.3. The molecule has 102 valence electrons. The Hall–Kier alpha value is -0.800. The van der Waals surface area contributed by atoms with Crippen LogP contribution in [0.5, 0.6) is 0 Å². The lowest BCUT2D eigenvalue weighted by Gasteiger charge is -2.21. The fraction of sp³-hybridized carbons (Fsp3) is 0.643. The van der Waals surface area contributed by atoms with Crippen LogP contribution in [-0.2, 0) is 6.54 Å². The molecule has 0 unspecified atom stereocenters. The SMILES string of the molecule is CCCN(CCC)Cc1nc(NCC)ccc1Cl. The van der Waals surface area contributed by atoms with E-state index < -0.39 is 0 Å². The number of nitrogens with zero attached hydrogens (tertiary/aromatic N) is 2. The van der Waals surface area contributed by atoms with Crippen molar-refractivity contribution in [1.82, 2.24) is 9.88 Å². The van der Waals surface area contributed by atoms with Gasteiger partial charge in [0.15, 0.2) is 0 Å². The summed E-state index contributed by atoms with van der Waals surface area (Å²) in [6.07, 6.45) is 2.31. The number of hydrogen-bond donors (Lipinski definition) is 1. The fourth-order valence-electron chi connectivity index (χ4n) is 1.99. The van der Waals surface area contributed by atoms with Gasteiger partial charge in [-0.05, 0) is 45.0 Å². The first-order valence-electron chi connectivity index (χ1n) is 6.82. The summed E-state index contributed by atoms with van der Waals surface area (Å²) >= 11 is 6.22. The minimum Gasteiger partial charge on any atom is -0.370 e. The molecule has 1 N–H and O–H groups in total. The Bertz CT molecular complexity index is 349. The maximum absolute atomic E-state index is 6.22. The first kappa shape index (κ1) is 15.3. The molecule has 0 saturated heterocycles. The van der Waals surface area contributed by atoms with Gasteiger partial charge < -0.3 is 5.32 Å². The van der Waals surface area contributed by atoms with Crippen LogP contribution in [0.1, 0.15) is 39.3 Å². The predicted molar refractivity (Wildman–Crippen MR) is 79.3 cm³/mol. The Morgan fingerprint density at radius 3 is 2.39 bits per heavy atom. The van der Waals surface area contributed by atoms with Gasteiger partial charge in [-0.2, -0.15) is 0 Å². The van der Waals surface area contributed by atoms with Crippen LogP contribution in [0.15, 0.2) is 12.1 Å². The van der Waals surface area contributed by atoms with Crippen molar-refractivity contribution in [3.63, 3.8) is 0 Å². The van der Waals surface area contributed by atoms with Crippen LogP contribution in [0, 0.1) is 0 Å². The van der Waals surface area contributed by atoms with Crippen LogP contribution in [-0.4, -0.2) is 29.5 Å². The van der Waals surface area contributed by atoms with Gasteiger partial charge in [0.25, 0.3) is 0 Å². The number of anilines is 1. The average Bonchev–Trinajstić information content (AvgIpc) is 2.34. The second-order valence-corrected chi connectivity index (χ2v) is 4.84. The van der Waals surface area contributed by atoms with Crippen LogP contribution < -0.4 is 5.32 Å². The molecule has 0 aliphatic rings. The number of aromatic nitrogens is 1. The second kappa shape index (κ2) is 8.33. The molecule has 0 fully saturated rings. The van der Waals surface area contributed by atoms with Crippen molar-refractivity contribution < 1.29 is 0 Å². The monoisotopic (exact) mass is 269 g/mol. The van der Waals surface area contributed by atoms with E-state index in [0.29, 0.717) is 0 Å². The molecule has 0 aliphatic heterocycles. The van der Waals surface area contributed by atoms with Crippen LogP contribution in [0.4, 0.5) is 5.82 Å². The number of halogens is 1. The van der Waals surface area contributed by atoms with Crippen molar-refractivity contribution in [2.45, 2.75) is 40.2 Å². The van der Waals surface area contributed by atoms with Gasteiger partial charge in [0.05, 0.1) is 10.7 Å². The van der Waals surface area contributed by atoms with E-state index in [1.807, 2.05) is 12.1 Å². The van der Waals surface area contributed by atoms with Gasteiger partial charge in [0, 0.05) is 13.1 Å². The molecule has 1 aromatic rings. The third kappa shape index (κ3) is 4.83. The Balaban J connectivity index is 2.76. The average molecular weight is 270 g/mol. The minimum atomic E-state index is 0.758. The topological polar surface area (TPSA) is 28.2 Å². The van der Waals surface area contributed by atoms with Gasteiger partial charge in [-0.1, -0.05) is 25.4 Å². The predicted octanol–water partition coefficient (Wildman–Crippen LogP) is 3.79. The van der Waals surface area contributed by atoms with Gasteiger partial charge in [-0.25, -0.2) is 4.98 Å². The highest BCUT2D eigenvalue weighted by atomic mass is 35.5. The van der Waals surface area contributed by atoms with Crippen molar-refractivity contribution in [3.05, 3.63) is 22.8 Å². The summed E-state index contributed by atoms with van der Waals surface area (Å²) in [5.41, 5.74) is 0.969. The van der Waals surface area contributed by atoms with Crippen molar-refractivity contribution >= 4 is 17.4 Å². The van der Waals surface area contributed by atoms with Crippen LogP contribution >= 0.6 is 11.6 Å².